The molecule has 14 heavy (non-hydrogen) atoms. The van der Waals surface area contributed by atoms with Crippen molar-refractivity contribution in [3.8, 4) is 0 Å². The van der Waals surface area contributed by atoms with Crippen molar-refractivity contribution in [1.29, 1.82) is 0 Å². The molecule has 0 bridgehead atoms. The number of hydrogen-bond acceptors (Lipinski definition) is 3. The molecular weight excluding hydrogens is 243 g/mol. The number of benzene rings is 1. The van der Waals surface area contributed by atoms with Crippen LogP contribution in [0.3, 0.4) is 0 Å². The van der Waals surface area contributed by atoms with E-state index in [1.165, 1.54) is 4.46 Å². The van der Waals surface area contributed by atoms with Crippen LogP contribution in [0.25, 0.3) is 0 Å². The molecule has 0 amide bonds. The molecule has 0 atom stereocenters. The molecule has 1 N–H and O–H groups in total. The first-order valence-electron chi connectivity index (χ1n) is 4.75. The molecule has 1 aliphatic heterocycles. The molecule has 1 aliphatic rings. The van der Waals surface area contributed by atoms with Crippen LogP contribution in [-0.2, 0) is 4.74 Å². The summed E-state index contributed by atoms with van der Waals surface area (Å²) in [5.41, 5.74) is 0. The summed E-state index contributed by atoms with van der Waals surface area (Å²) in [6, 6.07) is 10.5. The van der Waals surface area contributed by atoms with E-state index in [9.17, 15) is 0 Å². The van der Waals surface area contributed by atoms with Crippen molar-refractivity contribution >= 4 is 19.6 Å². The van der Waals surface area contributed by atoms with Crippen LogP contribution in [0.15, 0.2) is 30.3 Å². The van der Waals surface area contributed by atoms with Gasteiger partial charge in [0.05, 0.1) is 0 Å². The van der Waals surface area contributed by atoms with E-state index in [1.807, 2.05) is 6.07 Å². The normalized spacial score (nSPS) is 18.3. The van der Waals surface area contributed by atoms with Gasteiger partial charge < -0.3 is 0 Å². The predicted octanol–water partition coefficient (Wildman–Crippen LogP) is -0.232. The summed E-state index contributed by atoms with van der Waals surface area (Å²) in [6.07, 6.45) is 0. The molecular formula is C10H14N2OSe. The Bertz CT molecular complexity index is 262. The Balaban J connectivity index is 1.76. The van der Waals surface area contributed by atoms with Crippen molar-refractivity contribution in [1.82, 2.24) is 9.45 Å². The molecule has 0 radical (unpaired) electrons. The summed E-state index contributed by atoms with van der Waals surface area (Å²) < 4.78 is 10.1. The predicted molar refractivity (Wildman–Crippen MR) is 57.4 cm³/mol. The summed E-state index contributed by atoms with van der Waals surface area (Å²) in [6.45, 7) is 3.68. The first-order valence-corrected chi connectivity index (χ1v) is 6.47. The van der Waals surface area contributed by atoms with Crippen molar-refractivity contribution in [2.24, 2.45) is 0 Å². The third kappa shape index (κ3) is 3.08. The van der Waals surface area contributed by atoms with Crippen LogP contribution in [0.2, 0.25) is 0 Å². The molecule has 1 saturated heterocycles. The zero-order chi connectivity index (χ0) is 9.64. The van der Waals surface area contributed by atoms with Crippen molar-refractivity contribution in [3.05, 3.63) is 30.3 Å². The van der Waals surface area contributed by atoms with Crippen LogP contribution in [-0.4, -0.2) is 46.5 Å². The van der Waals surface area contributed by atoms with Gasteiger partial charge in [-0.3, -0.25) is 0 Å². The van der Waals surface area contributed by atoms with Gasteiger partial charge in [0.2, 0.25) is 0 Å². The molecule has 76 valence electrons. The van der Waals surface area contributed by atoms with Gasteiger partial charge in [0.1, 0.15) is 0 Å². The summed E-state index contributed by atoms with van der Waals surface area (Å²) in [5.74, 6) is 0. The van der Waals surface area contributed by atoms with Gasteiger partial charge in [0, 0.05) is 0 Å². The molecule has 0 spiro atoms. The fraction of sp³-hybridized carbons (Fsp3) is 0.400. The van der Waals surface area contributed by atoms with Gasteiger partial charge in [-0.1, -0.05) is 0 Å². The Morgan fingerprint density at radius 3 is 2.57 bits per heavy atom. The third-order valence-electron chi connectivity index (χ3n) is 2.05. The Hall–Kier alpha value is -0.381. The van der Waals surface area contributed by atoms with Crippen LogP contribution < -0.4 is 8.90 Å². The number of hydrogen-bond donors (Lipinski definition) is 1. The van der Waals surface area contributed by atoms with E-state index < -0.39 is 0 Å². The van der Waals surface area contributed by atoms with Gasteiger partial charge in [-0.15, -0.1) is 0 Å². The molecule has 1 aromatic carbocycles. The number of morpholine rings is 1. The Morgan fingerprint density at radius 2 is 1.86 bits per heavy atom. The Morgan fingerprint density at radius 1 is 1.14 bits per heavy atom. The van der Waals surface area contributed by atoms with Gasteiger partial charge in [-0.25, -0.2) is 0 Å². The first-order chi connectivity index (χ1) is 6.95. The monoisotopic (exact) mass is 258 g/mol. The Labute approximate surface area is 90.8 Å². The summed E-state index contributed by atoms with van der Waals surface area (Å²) >= 11 is 0.346. The number of ether oxygens (including phenoxy) is 1. The summed E-state index contributed by atoms with van der Waals surface area (Å²) in [5, 5.41) is 2.25. The van der Waals surface area contributed by atoms with Crippen LogP contribution in [0.4, 0.5) is 0 Å². The second kappa shape index (κ2) is 5.49. The van der Waals surface area contributed by atoms with Gasteiger partial charge >= 0.3 is 90.5 Å². The summed E-state index contributed by atoms with van der Waals surface area (Å²) in [7, 11) is 0. The molecule has 2 rings (SSSR count). The maximum atomic E-state index is 5.28. The number of hydrazine groups is 1. The van der Waals surface area contributed by atoms with E-state index in [2.05, 4.69) is 33.7 Å². The molecule has 1 aromatic rings. The van der Waals surface area contributed by atoms with E-state index in [-0.39, 0.29) is 0 Å². The molecule has 4 heteroatoms. The molecule has 0 aliphatic carbocycles. The van der Waals surface area contributed by atoms with Crippen LogP contribution in [0, 0.1) is 0 Å². The zero-order valence-electron chi connectivity index (χ0n) is 7.98. The van der Waals surface area contributed by atoms with Crippen molar-refractivity contribution in [2.45, 2.75) is 0 Å². The second-order valence-electron chi connectivity index (χ2n) is 3.11. The summed E-state index contributed by atoms with van der Waals surface area (Å²) in [4.78, 5) is 0. The van der Waals surface area contributed by atoms with Gasteiger partial charge in [0.25, 0.3) is 0 Å². The van der Waals surface area contributed by atoms with E-state index in [0.717, 1.165) is 26.3 Å². The van der Waals surface area contributed by atoms with Gasteiger partial charge in [0.15, 0.2) is 0 Å². The Kier molecular flexibility index (Phi) is 3.98. The molecule has 0 unspecified atom stereocenters. The van der Waals surface area contributed by atoms with E-state index in [1.54, 1.807) is 0 Å². The van der Waals surface area contributed by atoms with Crippen molar-refractivity contribution < 1.29 is 4.74 Å². The van der Waals surface area contributed by atoms with Crippen molar-refractivity contribution in [2.75, 3.05) is 26.3 Å². The van der Waals surface area contributed by atoms with E-state index in [4.69, 9.17) is 4.74 Å². The van der Waals surface area contributed by atoms with Crippen LogP contribution >= 0.6 is 0 Å². The number of nitrogens with zero attached hydrogens (tertiary/aromatic N) is 1. The quantitative estimate of drug-likeness (QED) is 0.757. The van der Waals surface area contributed by atoms with Crippen LogP contribution in [0.1, 0.15) is 0 Å². The molecule has 0 aromatic heterocycles. The fourth-order valence-corrected chi connectivity index (χ4v) is 2.75. The van der Waals surface area contributed by atoms with Crippen molar-refractivity contribution in [3.63, 3.8) is 0 Å². The third-order valence-corrected chi connectivity index (χ3v) is 3.85. The number of nitrogens with one attached hydrogen (secondary N) is 1. The molecule has 1 heterocycles. The molecule has 0 saturated carbocycles. The minimum atomic E-state index is 0.346. The fourth-order valence-electron chi connectivity index (χ4n) is 1.26. The minimum absolute atomic E-state index is 0.346. The van der Waals surface area contributed by atoms with Gasteiger partial charge in [-0.2, -0.15) is 0 Å². The molecule has 1 fully saturated rings. The second-order valence-corrected chi connectivity index (χ2v) is 4.91. The number of rotatable bonds is 3. The van der Waals surface area contributed by atoms with Crippen LogP contribution in [0.5, 0.6) is 0 Å². The van der Waals surface area contributed by atoms with Gasteiger partial charge in [-0.05, 0) is 0 Å². The van der Waals surface area contributed by atoms with E-state index in [0.29, 0.717) is 15.2 Å². The average molecular weight is 257 g/mol. The SMILES string of the molecule is c1ccc([Se]NN2CCOCC2)cc1. The zero-order valence-corrected chi connectivity index (χ0v) is 9.69. The maximum absolute atomic E-state index is 5.28. The van der Waals surface area contributed by atoms with E-state index >= 15 is 0 Å². The molecule has 3 nitrogen and oxygen atoms in total. The standard InChI is InChI=1S/C10H14N2OSe/c1-2-4-10(5-3-1)14-11-12-6-8-13-9-7-12/h1-5,11H,6-9H2. The topological polar surface area (TPSA) is 24.5 Å². The average Bonchev–Trinajstić information content (AvgIpc) is 2.29. The first kappa shape index (κ1) is 10.1.